The average Bonchev–Trinajstić information content (AvgIpc) is 2.41. The molecule has 1 heteroatoms. The third-order valence-corrected chi connectivity index (χ3v) is 3.29. The molecule has 0 fully saturated rings. The Bertz CT molecular complexity index is 699. The molecule has 2 N–H and O–H groups in total. The molecule has 3 aromatic rings. The monoisotopic (exact) mass is 233 g/mol. The van der Waals surface area contributed by atoms with Crippen molar-refractivity contribution in [1.29, 1.82) is 0 Å². The van der Waals surface area contributed by atoms with Crippen LogP contribution in [-0.2, 0) is 0 Å². The summed E-state index contributed by atoms with van der Waals surface area (Å²) in [5.41, 5.74) is 10.6. The van der Waals surface area contributed by atoms with Gasteiger partial charge in [0, 0.05) is 11.1 Å². The van der Waals surface area contributed by atoms with Crippen LogP contribution in [0.5, 0.6) is 0 Å². The minimum atomic E-state index is 0.841. The van der Waals surface area contributed by atoms with Gasteiger partial charge < -0.3 is 5.73 Å². The van der Waals surface area contributed by atoms with E-state index in [2.05, 4.69) is 55.5 Å². The van der Waals surface area contributed by atoms with Crippen molar-refractivity contribution in [1.82, 2.24) is 0 Å². The summed E-state index contributed by atoms with van der Waals surface area (Å²) in [5.74, 6) is 0. The molecule has 0 saturated carbocycles. The Balaban J connectivity index is 2.35. The fourth-order valence-electron chi connectivity index (χ4n) is 2.35. The average molecular weight is 233 g/mol. The predicted molar refractivity (Wildman–Crippen MR) is 78.5 cm³/mol. The maximum Gasteiger partial charge on any atom is 0.0394 e. The summed E-state index contributed by atoms with van der Waals surface area (Å²) in [4.78, 5) is 0. The number of hydrogen-bond acceptors (Lipinski definition) is 1. The fourth-order valence-corrected chi connectivity index (χ4v) is 2.35. The third-order valence-electron chi connectivity index (χ3n) is 3.29. The number of nitrogen functional groups attached to an aromatic ring is 1. The molecule has 0 saturated heterocycles. The van der Waals surface area contributed by atoms with E-state index in [0.29, 0.717) is 0 Å². The molecule has 3 rings (SSSR count). The highest BCUT2D eigenvalue weighted by molar-refractivity contribution is 6.03. The van der Waals surface area contributed by atoms with E-state index < -0.39 is 0 Å². The summed E-state index contributed by atoms with van der Waals surface area (Å²) < 4.78 is 0. The van der Waals surface area contributed by atoms with Crippen LogP contribution in [-0.4, -0.2) is 0 Å². The first kappa shape index (κ1) is 10.8. The molecular formula is C17H15N. The summed E-state index contributed by atoms with van der Waals surface area (Å²) in [5, 5.41) is 2.35. The minimum absolute atomic E-state index is 0.841. The van der Waals surface area contributed by atoms with Gasteiger partial charge in [0.05, 0.1) is 0 Å². The Morgan fingerprint density at radius 2 is 1.56 bits per heavy atom. The van der Waals surface area contributed by atoms with Crippen molar-refractivity contribution in [2.75, 3.05) is 5.73 Å². The number of hydrogen-bond donors (Lipinski definition) is 1. The zero-order valence-electron chi connectivity index (χ0n) is 10.4. The molecule has 0 bridgehead atoms. The first-order valence-electron chi connectivity index (χ1n) is 6.10. The van der Waals surface area contributed by atoms with E-state index in [1.807, 2.05) is 12.1 Å². The van der Waals surface area contributed by atoms with Crippen LogP contribution in [0, 0.1) is 6.92 Å². The Kier molecular flexibility index (Phi) is 2.52. The Morgan fingerprint density at radius 3 is 2.33 bits per heavy atom. The molecule has 0 aliphatic heterocycles. The number of fused-ring (bicyclic) bond motifs is 1. The lowest BCUT2D eigenvalue weighted by Gasteiger charge is -2.10. The summed E-state index contributed by atoms with van der Waals surface area (Å²) in [6.45, 7) is 2.09. The molecule has 0 radical (unpaired) electrons. The summed E-state index contributed by atoms with van der Waals surface area (Å²) in [6, 6.07) is 20.9. The third kappa shape index (κ3) is 1.74. The Morgan fingerprint density at radius 1 is 0.778 bits per heavy atom. The molecule has 0 aliphatic rings. The number of aryl methyl sites for hydroxylation is 1. The minimum Gasteiger partial charge on any atom is -0.398 e. The van der Waals surface area contributed by atoms with Gasteiger partial charge in [-0.05, 0) is 35.6 Å². The van der Waals surface area contributed by atoms with Crippen LogP contribution in [0.1, 0.15) is 5.56 Å². The van der Waals surface area contributed by atoms with Crippen LogP contribution in [0.15, 0.2) is 60.7 Å². The molecule has 0 amide bonds. The lowest BCUT2D eigenvalue weighted by atomic mass is 9.96. The Labute approximate surface area is 107 Å². The van der Waals surface area contributed by atoms with E-state index in [0.717, 1.165) is 11.1 Å². The molecule has 0 spiro atoms. The normalized spacial score (nSPS) is 10.7. The maximum absolute atomic E-state index is 6.07. The van der Waals surface area contributed by atoms with E-state index >= 15 is 0 Å². The van der Waals surface area contributed by atoms with Crippen LogP contribution < -0.4 is 5.73 Å². The predicted octanol–water partition coefficient (Wildman–Crippen LogP) is 4.40. The van der Waals surface area contributed by atoms with Gasteiger partial charge in [-0.1, -0.05) is 54.1 Å². The second-order valence-electron chi connectivity index (χ2n) is 4.62. The zero-order chi connectivity index (χ0) is 12.5. The molecule has 0 heterocycles. The Hall–Kier alpha value is -2.28. The van der Waals surface area contributed by atoms with Crippen molar-refractivity contribution < 1.29 is 0 Å². The van der Waals surface area contributed by atoms with Gasteiger partial charge in [0.2, 0.25) is 0 Å². The van der Waals surface area contributed by atoms with Gasteiger partial charge in [-0.25, -0.2) is 0 Å². The summed E-state index contributed by atoms with van der Waals surface area (Å²) >= 11 is 0. The van der Waals surface area contributed by atoms with Crippen molar-refractivity contribution in [3.63, 3.8) is 0 Å². The van der Waals surface area contributed by atoms with Crippen molar-refractivity contribution in [2.45, 2.75) is 6.92 Å². The van der Waals surface area contributed by atoms with Crippen LogP contribution in [0.2, 0.25) is 0 Å². The number of nitrogens with two attached hydrogens (primary N) is 1. The van der Waals surface area contributed by atoms with E-state index in [1.54, 1.807) is 0 Å². The van der Waals surface area contributed by atoms with Crippen molar-refractivity contribution in [3.05, 3.63) is 66.2 Å². The summed E-state index contributed by atoms with van der Waals surface area (Å²) in [7, 11) is 0. The smallest absolute Gasteiger partial charge is 0.0394 e. The standard InChI is InChI=1S/C17H15N/c1-12-7-8-15-14(13-5-3-2-4-6-13)9-10-17(18)16(15)11-12/h2-11H,18H2,1H3. The largest absolute Gasteiger partial charge is 0.398 e. The van der Waals surface area contributed by atoms with Gasteiger partial charge in [0.15, 0.2) is 0 Å². The van der Waals surface area contributed by atoms with Crippen molar-refractivity contribution in [3.8, 4) is 11.1 Å². The molecular weight excluding hydrogens is 218 g/mol. The molecule has 88 valence electrons. The quantitative estimate of drug-likeness (QED) is 0.619. The maximum atomic E-state index is 6.07. The van der Waals surface area contributed by atoms with Crippen LogP contribution in [0.25, 0.3) is 21.9 Å². The summed E-state index contributed by atoms with van der Waals surface area (Å²) in [6.07, 6.45) is 0. The van der Waals surface area contributed by atoms with Gasteiger partial charge in [0.1, 0.15) is 0 Å². The van der Waals surface area contributed by atoms with Crippen molar-refractivity contribution >= 4 is 16.5 Å². The molecule has 0 atom stereocenters. The molecule has 1 nitrogen and oxygen atoms in total. The van der Waals surface area contributed by atoms with Crippen LogP contribution in [0.4, 0.5) is 5.69 Å². The van der Waals surface area contributed by atoms with E-state index in [-0.39, 0.29) is 0 Å². The van der Waals surface area contributed by atoms with E-state index in [1.165, 1.54) is 22.1 Å². The highest BCUT2D eigenvalue weighted by Gasteiger charge is 2.05. The van der Waals surface area contributed by atoms with Gasteiger partial charge in [-0.2, -0.15) is 0 Å². The highest BCUT2D eigenvalue weighted by atomic mass is 14.5. The molecule has 3 aromatic carbocycles. The lowest BCUT2D eigenvalue weighted by Crippen LogP contribution is -1.89. The SMILES string of the molecule is Cc1ccc2c(-c3ccccc3)ccc(N)c2c1. The number of rotatable bonds is 1. The highest BCUT2D eigenvalue weighted by Crippen LogP contribution is 2.32. The van der Waals surface area contributed by atoms with Gasteiger partial charge in [0.25, 0.3) is 0 Å². The van der Waals surface area contributed by atoms with E-state index in [9.17, 15) is 0 Å². The number of benzene rings is 3. The van der Waals surface area contributed by atoms with Crippen LogP contribution in [0.3, 0.4) is 0 Å². The zero-order valence-corrected chi connectivity index (χ0v) is 10.4. The second-order valence-corrected chi connectivity index (χ2v) is 4.62. The van der Waals surface area contributed by atoms with E-state index in [4.69, 9.17) is 5.73 Å². The van der Waals surface area contributed by atoms with Gasteiger partial charge >= 0.3 is 0 Å². The van der Waals surface area contributed by atoms with Gasteiger partial charge in [-0.3, -0.25) is 0 Å². The first-order valence-corrected chi connectivity index (χ1v) is 6.10. The van der Waals surface area contributed by atoms with Crippen molar-refractivity contribution in [2.24, 2.45) is 0 Å². The molecule has 0 aliphatic carbocycles. The molecule has 18 heavy (non-hydrogen) atoms. The molecule has 0 unspecified atom stereocenters. The first-order chi connectivity index (χ1) is 8.75. The van der Waals surface area contributed by atoms with Gasteiger partial charge in [-0.15, -0.1) is 0 Å². The fraction of sp³-hybridized carbons (Fsp3) is 0.0588. The lowest BCUT2D eigenvalue weighted by molar-refractivity contribution is 1.50. The molecule has 0 aromatic heterocycles. The number of anilines is 1. The second kappa shape index (κ2) is 4.19. The van der Waals surface area contributed by atoms with Crippen LogP contribution >= 0.6 is 0 Å². The topological polar surface area (TPSA) is 26.0 Å².